The van der Waals surface area contributed by atoms with Crippen molar-refractivity contribution in [3.63, 3.8) is 0 Å². The molecule has 1 N–H and O–H groups in total. The number of aryl methyl sites for hydroxylation is 3. The number of rotatable bonds is 3. The Morgan fingerprint density at radius 3 is 2.47 bits per heavy atom. The van der Waals surface area contributed by atoms with Gasteiger partial charge in [-0.3, -0.25) is 4.98 Å². The number of benzene rings is 1. The van der Waals surface area contributed by atoms with Crippen LogP contribution in [0.1, 0.15) is 35.5 Å². The van der Waals surface area contributed by atoms with E-state index in [0.29, 0.717) is 5.56 Å². The van der Waals surface area contributed by atoms with Crippen LogP contribution in [0.2, 0.25) is 0 Å². The van der Waals surface area contributed by atoms with Gasteiger partial charge >= 0.3 is 0 Å². The first kappa shape index (κ1) is 13.5. The summed E-state index contributed by atoms with van der Waals surface area (Å²) in [5.41, 5.74) is 4.78. The van der Waals surface area contributed by atoms with Crippen LogP contribution in [0.25, 0.3) is 0 Å². The summed E-state index contributed by atoms with van der Waals surface area (Å²) in [4.78, 5) is 4.47. The van der Waals surface area contributed by atoms with E-state index in [1.807, 2.05) is 26.0 Å². The van der Waals surface area contributed by atoms with Crippen LogP contribution >= 0.6 is 0 Å². The number of pyridine rings is 1. The average molecular weight is 258 g/mol. The molecule has 0 aliphatic rings. The minimum Gasteiger partial charge on any atom is -0.378 e. The van der Waals surface area contributed by atoms with Crippen molar-refractivity contribution in [1.29, 1.82) is 0 Å². The summed E-state index contributed by atoms with van der Waals surface area (Å²) in [6.45, 7) is 7.84. The smallest absolute Gasteiger partial charge is 0.126 e. The van der Waals surface area contributed by atoms with Gasteiger partial charge < -0.3 is 5.32 Å². The first-order chi connectivity index (χ1) is 8.97. The van der Waals surface area contributed by atoms with Crippen molar-refractivity contribution in [2.45, 2.75) is 33.7 Å². The minimum absolute atomic E-state index is 0.137. The van der Waals surface area contributed by atoms with E-state index in [0.717, 1.165) is 22.6 Å². The highest BCUT2D eigenvalue weighted by molar-refractivity contribution is 5.48. The Bertz CT molecular complexity index is 593. The highest BCUT2D eigenvalue weighted by atomic mass is 19.1. The molecular formula is C16H19FN2. The zero-order chi connectivity index (χ0) is 14.0. The predicted octanol–water partition coefficient (Wildman–Crippen LogP) is 4.32. The number of nitrogens with zero attached hydrogens (tertiary/aromatic N) is 1. The van der Waals surface area contributed by atoms with Gasteiger partial charge in [0.1, 0.15) is 5.82 Å². The molecule has 2 aromatic rings. The molecule has 2 nitrogen and oxygen atoms in total. The van der Waals surface area contributed by atoms with Gasteiger partial charge in [0.15, 0.2) is 0 Å². The number of anilines is 1. The van der Waals surface area contributed by atoms with Gasteiger partial charge in [0.2, 0.25) is 0 Å². The van der Waals surface area contributed by atoms with Crippen LogP contribution in [0.4, 0.5) is 10.1 Å². The zero-order valence-corrected chi connectivity index (χ0v) is 11.8. The summed E-state index contributed by atoms with van der Waals surface area (Å²) in [6, 6.07) is 9.31. The molecule has 0 aliphatic carbocycles. The summed E-state index contributed by atoms with van der Waals surface area (Å²) in [5, 5.41) is 3.38. The van der Waals surface area contributed by atoms with Gasteiger partial charge in [-0.25, -0.2) is 4.39 Å². The van der Waals surface area contributed by atoms with Crippen molar-refractivity contribution in [3.05, 3.63) is 58.7 Å². The molecule has 1 heterocycles. The number of hydrogen-bond donors (Lipinski definition) is 1. The standard InChI is InChI=1S/C16H19FN2/c1-10-9-14(6-8-16(10)17)19-13(4)15-7-5-11(2)18-12(15)3/h5-9,13,19H,1-4H3. The molecule has 0 saturated heterocycles. The maximum absolute atomic E-state index is 13.2. The van der Waals surface area contributed by atoms with Crippen molar-refractivity contribution in [2.75, 3.05) is 5.32 Å². The summed E-state index contributed by atoms with van der Waals surface area (Å²) in [5.74, 6) is -0.175. The molecule has 1 aromatic carbocycles. The second-order valence-electron chi connectivity index (χ2n) is 4.96. The van der Waals surface area contributed by atoms with Crippen LogP contribution in [0, 0.1) is 26.6 Å². The molecule has 19 heavy (non-hydrogen) atoms. The summed E-state index contributed by atoms with van der Waals surface area (Å²) >= 11 is 0. The fraction of sp³-hybridized carbons (Fsp3) is 0.312. The zero-order valence-electron chi connectivity index (χ0n) is 11.8. The fourth-order valence-electron chi connectivity index (χ4n) is 2.22. The monoisotopic (exact) mass is 258 g/mol. The quantitative estimate of drug-likeness (QED) is 0.887. The lowest BCUT2D eigenvalue weighted by Gasteiger charge is -2.18. The second-order valence-corrected chi connectivity index (χ2v) is 4.96. The molecule has 3 heteroatoms. The third-order valence-electron chi connectivity index (χ3n) is 3.27. The Morgan fingerprint density at radius 2 is 1.84 bits per heavy atom. The maximum Gasteiger partial charge on any atom is 0.126 e. The Hall–Kier alpha value is -1.90. The lowest BCUT2D eigenvalue weighted by molar-refractivity contribution is 0.618. The first-order valence-corrected chi connectivity index (χ1v) is 6.44. The SMILES string of the molecule is Cc1ccc(C(C)Nc2ccc(F)c(C)c2)c(C)n1. The fourth-order valence-corrected chi connectivity index (χ4v) is 2.22. The third-order valence-corrected chi connectivity index (χ3v) is 3.27. The lowest BCUT2D eigenvalue weighted by Crippen LogP contribution is -2.09. The van der Waals surface area contributed by atoms with E-state index in [4.69, 9.17) is 0 Å². The van der Waals surface area contributed by atoms with Gasteiger partial charge in [-0.05, 0) is 63.1 Å². The Morgan fingerprint density at radius 1 is 1.11 bits per heavy atom. The van der Waals surface area contributed by atoms with Gasteiger partial charge in [-0.15, -0.1) is 0 Å². The highest BCUT2D eigenvalue weighted by Crippen LogP contribution is 2.22. The van der Waals surface area contributed by atoms with Gasteiger partial charge in [-0.2, -0.15) is 0 Å². The molecule has 0 radical (unpaired) electrons. The minimum atomic E-state index is -0.175. The molecule has 1 atom stereocenters. The molecule has 0 amide bonds. The highest BCUT2D eigenvalue weighted by Gasteiger charge is 2.10. The van der Waals surface area contributed by atoms with Gasteiger partial charge in [0.05, 0.1) is 6.04 Å². The Kier molecular flexibility index (Phi) is 3.84. The molecule has 0 saturated carbocycles. The molecule has 0 aliphatic heterocycles. The van der Waals surface area contributed by atoms with E-state index in [2.05, 4.69) is 23.3 Å². The van der Waals surface area contributed by atoms with E-state index in [1.54, 1.807) is 13.0 Å². The Labute approximate surface area is 113 Å². The topological polar surface area (TPSA) is 24.9 Å². The van der Waals surface area contributed by atoms with E-state index in [-0.39, 0.29) is 11.9 Å². The molecule has 0 spiro atoms. The number of aromatic nitrogens is 1. The van der Waals surface area contributed by atoms with Gasteiger partial charge in [-0.1, -0.05) is 6.07 Å². The van der Waals surface area contributed by atoms with Crippen molar-refractivity contribution >= 4 is 5.69 Å². The van der Waals surface area contributed by atoms with E-state index in [1.165, 1.54) is 6.07 Å². The normalized spacial score (nSPS) is 12.3. The summed E-state index contributed by atoms with van der Waals surface area (Å²) in [7, 11) is 0. The second kappa shape index (κ2) is 5.39. The van der Waals surface area contributed by atoms with Crippen LogP contribution < -0.4 is 5.32 Å². The summed E-state index contributed by atoms with van der Waals surface area (Å²) < 4.78 is 13.2. The van der Waals surface area contributed by atoms with Crippen LogP contribution in [0.3, 0.4) is 0 Å². The molecule has 100 valence electrons. The number of halogens is 1. The van der Waals surface area contributed by atoms with Crippen molar-refractivity contribution in [2.24, 2.45) is 0 Å². The molecule has 2 rings (SSSR count). The van der Waals surface area contributed by atoms with E-state index in [9.17, 15) is 4.39 Å². The van der Waals surface area contributed by atoms with Crippen molar-refractivity contribution in [3.8, 4) is 0 Å². The molecule has 0 fully saturated rings. The number of nitrogens with one attached hydrogen (secondary N) is 1. The van der Waals surface area contributed by atoms with Crippen LogP contribution in [-0.2, 0) is 0 Å². The largest absolute Gasteiger partial charge is 0.378 e. The predicted molar refractivity (Wildman–Crippen MR) is 76.9 cm³/mol. The van der Waals surface area contributed by atoms with Crippen LogP contribution in [-0.4, -0.2) is 4.98 Å². The molecule has 0 bridgehead atoms. The summed E-state index contributed by atoms with van der Waals surface area (Å²) in [6.07, 6.45) is 0. The third kappa shape index (κ3) is 3.11. The van der Waals surface area contributed by atoms with Crippen LogP contribution in [0.5, 0.6) is 0 Å². The van der Waals surface area contributed by atoms with Gasteiger partial charge in [0.25, 0.3) is 0 Å². The average Bonchev–Trinajstić information content (AvgIpc) is 2.33. The Balaban J connectivity index is 2.20. The van der Waals surface area contributed by atoms with Crippen LogP contribution in [0.15, 0.2) is 30.3 Å². The van der Waals surface area contributed by atoms with E-state index < -0.39 is 0 Å². The van der Waals surface area contributed by atoms with Crippen molar-refractivity contribution in [1.82, 2.24) is 4.98 Å². The first-order valence-electron chi connectivity index (χ1n) is 6.44. The van der Waals surface area contributed by atoms with Gasteiger partial charge in [0, 0.05) is 17.1 Å². The van der Waals surface area contributed by atoms with Crippen molar-refractivity contribution < 1.29 is 4.39 Å². The molecule has 1 unspecified atom stereocenters. The number of hydrogen-bond acceptors (Lipinski definition) is 2. The van der Waals surface area contributed by atoms with E-state index >= 15 is 0 Å². The molecule has 1 aromatic heterocycles. The maximum atomic E-state index is 13.2. The molecular weight excluding hydrogens is 239 g/mol. The lowest BCUT2D eigenvalue weighted by atomic mass is 10.1.